The Bertz CT molecular complexity index is 606. The van der Waals surface area contributed by atoms with E-state index < -0.39 is 0 Å². The van der Waals surface area contributed by atoms with Gasteiger partial charge in [0.15, 0.2) is 0 Å². The Morgan fingerprint density at radius 1 is 0.692 bits per heavy atom. The van der Waals surface area contributed by atoms with E-state index in [1.54, 1.807) is 0 Å². The predicted octanol–water partition coefficient (Wildman–Crippen LogP) is 7.54. The molecule has 0 N–H and O–H groups in total. The van der Waals surface area contributed by atoms with Crippen molar-refractivity contribution in [1.82, 2.24) is 4.98 Å². The van der Waals surface area contributed by atoms with Crippen LogP contribution in [0.4, 0.5) is 0 Å². The van der Waals surface area contributed by atoms with Gasteiger partial charge in [-0.1, -0.05) is 90.1 Å². The van der Waals surface area contributed by atoms with Crippen molar-refractivity contribution in [2.45, 2.75) is 59.8 Å². The molecule has 0 amide bonds. The van der Waals surface area contributed by atoms with E-state index in [2.05, 4.69) is 89.0 Å². The van der Waals surface area contributed by atoms with Crippen molar-refractivity contribution in [3.8, 4) is 0 Å². The summed E-state index contributed by atoms with van der Waals surface area (Å²) in [6.45, 7) is 13.2. The summed E-state index contributed by atoms with van der Waals surface area (Å²) in [5.74, 6) is 1.99. The normalized spacial score (nSPS) is 12.4. The molecule has 3 rings (SSSR count). The van der Waals surface area contributed by atoms with Crippen LogP contribution in [-0.2, 0) is 0 Å². The quantitative estimate of drug-likeness (QED) is 0.557. The summed E-state index contributed by atoms with van der Waals surface area (Å²) in [7, 11) is 0. The average Bonchev–Trinajstić information content (AvgIpc) is 3.19. The van der Waals surface area contributed by atoms with Crippen molar-refractivity contribution in [3.63, 3.8) is 0 Å². The van der Waals surface area contributed by atoms with Gasteiger partial charge in [-0.15, -0.1) is 0 Å². The molecule has 0 spiro atoms. The standard InChI is InChI=1S/C9H12.C8H11N.C8H12/c1-8(2)9-6-4-3-5-7-9;1-7(2)8-3-5-9-6-4-8;1-7(2)8-5-3-4-6-8/h3-8H,1-2H3;3-7H,1-2H3;3,5-7H,4H2,1-2H3. The van der Waals surface area contributed by atoms with E-state index in [0.29, 0.717) is 17.8 Å². The minimum atomic E-state index is 0.619. The third-order valence-electron chi connectivity index (χ3n) is 4.31. The first kappa shape index (κ1) is 21.9. The Balaban J connectivity index is 0.000000195. The zero-order valence-corrected chi connectivity index (χ0v) is 17.3. The molecule has 1 heterocycles. The maximum Gasteiger partial charge on any atom is 0.0270 e. The van der Waals surface area contributed by atoms with E-state index >= 15 is 0 Å². The molecule has 0 saturated carbocycles. The highest BCUT2D eigenvalue weighted by Crippen LogP contribution is 2.16. The van der Waals surface area contributed by atoms with Crippen LogP contribution >= 0.6 is 0 Å². The fourth-order valence-corrected chi connectivity index (χ4v) is 2.49. The highest BCUT2D eigenvalue weighted by molar-refractivity contribution is 5.27. The summed E-state index contributed by atoms with van der Waals surface area (Å²) in [6.07, 6.45) is 11.5. The average molecular weight is 350 g/mol. The number of benzene rings is 1. The molecule has 0 atom stereocenters. The summed E-state index contributed by atoms with van der Waals surface area (Å²) in [6, 6.07) is 14.6. The molecule has 140 valence electrons. The van der Waals surface area contributed by atoms with Crippen molar-refractivity contribution in [3.05, 3.63) is 89.8 Å². The molecule has 0 unspecified atom stereocenters. The number of aromatic nitrogens is 1. The first-order chi connectivity index (χ1) is 12.4. The molecular formula is C25H35N. The minimum Gasteiger partial charge on any atom is -0.265 e. The molecule has 1 aromatic heterocycles. The molecule has 0 aliphatic heterocycles. The SMILES string of the molecule is CC(C)C1=CCC=C1.CC(C)c1ccccc1.CC(C)c1ccncc1. The second kappa shape index (κ2) is 12.2. The van der Waals surface area contributed by atoms with Crippen LogP contribution in [-0.4, -0.2) is 4.98 Å². The number of allylic oxidation sites excluding steroid dienone is 4. The van der Waals surface area contributed by atoms with Crippen LogP contribution < -0.4 is 0 Å². The Morgan fingerprint density at radius 2 is 1.23 bits per heavy atom. The lowest BCUT2D eigenvalue weighted by Gasteiger charge is -2.01. The molecule has 2 aromatic rings. The van der Waals surface area contributed by atoms with Crippen LogP contribution in [0.15, 0.2) is 78.7 Å². The van der Waals surface area contributed by atoms with Crippen LogP contribution in [0.25, 0.3) is 0 Å². The van der Waals surface area contributed by atoms with Gasteiger partial charge >= 0.3 is 0 Å². The fraction of sp³-hybridized carbons (Fsp3) is 0.400. The van der Waals surface area contributed by atoms with Crippen molar-refractivity contribution < 1.29 is 0 Å². The highest BCUT2D eigenvalue weighted by atomic mass is 14.6. The van der Waals surface area contributed by atoms with E-state index in [9.17, 15) is 0 Å². The summed E-state index contributed by atoms with van der Waals surface area (Å²) < 4.78 is 0. The molecule has 0 radical (unpaired) electrons. The second-order valence-corrected chi connectivity index (χ2v) is 7.50. The summed E-state index contributed by atoms with van der Waals surface area (Å²) in [4.78, 5) is 3.93. The maximum atomic E-state index is 3.93. The van der Waals surface area contributed by atoms with Crippen molar-refractivity contribution >= 4 is 0 Å². The first-order valence-electron chi connectivity index (χ1n) is 9.73. The van der Waals surface area contributed by atoms with Gasteiger partial charge in [0, 0.05) is 12.4 Å². The summed E-state index contributed by atoms with van der Waals surface area (Å²) in [5, 5.41) is 0. The third-order valence-corrected chi connectivity index (χ3v) is 4.31. The van der Waals surface area contributed by atoms with Gasteiger partial charge < -0.3 is 0 Å². The number of hydrogen-bond donors (Lipinski definition) is 0. The lowest BCUT2D eigenvalue weighted by Crippen LogP contribution is -1.85. The van der Waals surface area contributed by atoms with Gasteiger partial charge in [0.05, 0.1) is 0 Å². The highest BCUT2D eigenvalue weighted by Gasteiger charge is 2.00. The molecule has 1 aliphatic carbocycles. The summed E-state index contributed by atoms with van der Waals surface area (Å²) in [5.41, 5.74) is 4.26. The Labute approximate surface area is 160 Å². The number of hydrogen-bond acceptors (Lipinski definition) is 1. The van der Waals surface area contributed by atoms with Crippen molar-refractivity contribution in [1.29, 1.82) is 0 Å². The van der Waals surface area contributed by atoms with Gasteiger partial charge in [0.1, 0.15) is 0 Å². The molecule has 1 heteroatoms. The number of pyridine rings is 1. The molecule has 0 saturated heterocycles. The van der Waals surface area contributed by atoms with Gasteiger partial charge in [-0.3, -0.25) is 4.98 Å². The fourth-order valence-electron chi connectivity index (χ4n) is 2.49. The lowest BCUT2D eigenvalue weighted by molar-refractivity contribution is 0.793. The minimum absolute atomic E-state index is 0.619. The van der Waals surface area contributed by atoms with Crippen LogP contribution in [0.5, 0.6) is 0 Å². The van der Waals surface area contributed by atoms with E-state index in [0.717, 1.165) is 6.42 Å². The van der Waals surface area contributed by atoms with Crippen molar-refractivity contribution in [2.24, 2.45) is 5.92 Å². The van der Waals surface area contributed by atoms with E-state index in [1.807, 2.05) is 30.6 Å². The zero-order valence-electron chi connectivity index (χ0n) is 17.3. The predicted molar refractivity (Wildman–Crippen MR) is 116 cm³/mol. The van der Waals surface area contributed by atoms with Crippen LogP contribution in [0.2, 0.25) is 0 Å². The van der Waals surface area contributed by atoms with Gasteiger partial charge in [-0.25, -0.2) is 0 Å². The smallest absolute Gasteiger partial charge is 0.0270 e. The maximum absolute atomic E-state index is 3.93. The molecular weight excluding hydrogens is 314 g/mol. The third kappa shape index (κ3) is 8.80. The molecule has 26 heavy (non-hydrogen) atoms. The molecule has 0 bridgehead atoms. The van der Waals surface area contributed by atoms with Gasteiger partial charge in [-0.05, 0) is 53.0 Å². The Morgan fingerprint density at radius 3 is 1.54 bits per heavy atom. The Hall–Kier alpha value is -2.15. The van der Waals surface area contributed by atoms with E-state index in [4.69, 9.17) is 0 Å². The lowest BCUT2D eigenvalue weighted by atomic mass is 10.0. The van der Waals surface area contributed by atoms with Crippen LogP contribution in [0.1, 0.15) is 70.9 Å². The summed E-state index contributed by atoms with van der Waals surface area (Å²) >= 11 is 0. The molecule has 1 nitrogen and oxygen atoms in total. The molecule has 0 fully saturated rings. The van der Waals surface area contributed by atoms with Gasteiger partial charge in [0.2, 0.25) is 0 Å². The molecule has 1 aliphatic rings. The van der Waals surface area contributed by atoms with Gasteiger partial charge in [0.25, 0.3) is 0 Å². The zero-order chi connectivity index (χ0) is 19.4. The number of nitrogens with zero attached hydrogens (tertiary/aromatic N) is 1. The second-order valence-electron chi connectivity index (χ2n) is 7.50. The molecule has 1 aromatic carbocycles. The van der Waals surface area contributed by atoms with E-state index in [-0.39, 0.29) is 0 Å². The van der Waals surface area contributed by atoms with Crippen LogP contribution in [0.3, 0.4) is 0 Å². The Kier molecular flexibility index (Phi) is 10.3. The number of rotatable bonds is 3. The van der Waals surface area contributed by atoms with E-state index in [1.165, 1.54) is 16.7 Å². The van der Waals surface area contributed by atoms with Gasteiger partial charge in [-0.2, -0.15) is 0 Å². The topological polar surface area (TPSA) is 12.9 Å². The largest absolute Gasteiger partial charge is 0.265 e. The monoisotopic (exact) mass is 349 g/mol. The first-order valence-corrected chi connectivity index (χ1v) is 9.73. The van der Waals surface area contributed by atoms with Crippen molar-refractivity contribution in [2.75, 3.05) is 0 Å². The van der Waals surface area contributed by atoms with Crippen LogP contribution in [0, 0.1) is 5.92 Å².